The van der Waals surface area contributed by atoms with Crippen LogP contribution in [0, 0.1) is 6.92 Å². The predicted octanol–water partition coefficient (Wildman–Crippen LogP) is 3.05. The Hall–Kier alpha value is -1.92. The Morgan fingerprint density at radius 2 is 2.00 bits per heavy atom. The lowest BCUT2D eigenvalue weighted by atomic mass is 10.1. The molecule has 0 saturated heterocycles. The van der Waals surface area contributed by atoms with Gasteiger partial charge in [0, 0.05) is 17.8 Å². The van der Waals surface area contributed by atoms with Gasteiger partial charge in [0.25, 0.3) is 5.91 Å². The summed E-state index contributed by atoms with van der Waals surface area (Å²) in [5, 5.41) is 7.30. The van der Waals surface area contributed by atoms with Crippen molar-refractivity contribution in [2.24, 2.45) is 5.73 Å². The van der Waals surface area contributed by atoms with E-state index in [1.165, 1.54) is 16.9 Å². The molecule has 6 heteroatoms. The number of thiocarbonyl (C=S) groups is 1. The van der Waals surface area contributed by atoms with Gasteiger partial charge in [-0.3, -0.25) is 4.79 Å². The highest BCUT2D eigenvalue weighted by Gasteiger charge is 2.20. The summed E-state index contributed by atoms with van der Waals surface area (Å²) in [4.78, 5) is 12.9. The zero-order chi connectivity index (χ0) is 16.1. The second-order valence-corrected chi connectivity index (χ2v) is 6.38. The van der Waals surface area contributed by atoms with Crippen molar-refractivity contribution in [3.63, 3.8) is 0 Å². The lowest BCUT2D eigenvalue weighted by Gasteiger charge is -2.08. The van der Waals surface area contributed by atoms with E-state index in [4.69, 9.17) is 18.0 Å². The summed E-state index contributed by atoms with van der Waals surface area (Å²) in [5.74, 6) is -0.435. The van der Waals surface area contributed by atoms with Crippen molar-refractivity contribution in [3.8, 4) is 0 Å². The summed E-state index contributed by atoms with van der Waals surface area (Å²) in [6, 6.07) is 10.1. The van der Waals surface area contributed by atoms with Gasteiger partial charge in [0.1, 0.15) is 5.00 Å². The maximum absolute atomic E-state index is 11.8. The quantitative estimate of drug-likeness (QED) is 0.736. The highest BCUT2D eigenvalue weighted by atomic mass is 32.1. The Labute approximate surface area is 139 Å². The third-order valence-corrected chi connectivity index (χ3v) is 4.72. The van der Waals surface area contributed by atoms with Crippen LogP contribution in [0.3, 0.4) is 0 Å². The van der Waals surface area contributed by atoms with E-state index < -0.39 is 5.91 Å². The number of benzene rings is 1. The molecule has 1 heterocycles. The van der Waals surface area contributed by atoms with Gasteiger partial charge in [-0.1, -0.05) is 30.3 Å². The molecule has 0 atom stereocenters. The average molecular weight is 333 g/mol. The molecule has 0 aliphatic heterocycles. The minimum absolute atomic E-state index is 0.435. The molecule has 116 valence electrons. The monoisotopic (exact) mass is 333 g/mol. The molecular formula is C16H19N3OS2. The number of hydrogen-bond donors (Lipinski definition) is 3. The van der Waals surface area contributed by atoms with Gasteiger partial charge in [-0.2, -0.15) is 0 Å². The van der Waals surface area contributed by atoms with Crippen LogP contribution < -0.4 is 16.4 Å². The van der Waals surface area contributed by atoms with Gasteiger partial charge in [-0.15, -0.1) is 11.3 Å². The van der Waals surface area contributed by atoms with Crippen molar-refractivity contribution in [2.45, 2.75) is 20.3 Å². The van der Waals surface area contributed by atoms with Crippen molar-refractivity contribution < 1.29 is 4.79 Å². The van der Waals surface area contributed by atoms with Gasteiger partial charge in [0.15, 0.2) is 5.11 Å². The average Bonchev–Trinajstić information content (AvgIpc) is 2.76. The molecule has 1 amide bonds. The lowest BCUT2D eigenvalue weighted by Crippen LogP contribution is -2.28. The van der Waals surface area contributed by atoms with E-state index in [1.54, 1.807) is 0 Å². The van der Waals surface area contributed by atoms with Crippen LogP contribution in [0.15, 0.2) is 30.3 Å². The summed E-state index contributed by atoms with van der Waals surface area (Å²) < 4.78 is 0. The molecule has 2 rings (SSSR count). The fourth-order valence-electron chi connectivity index (χ4n) is 2.20. The van der Waals surface area contributed by atoms with Crippen molar-refractivity contribution >= 4 is 39.6 Å². The fraction of sp³-hybridized carbons (Fsp3) is 0.250. The van der Waals surface area contributed by atoms with E-state index in [0.717, 1.165) is 23.4 Å². The van der Waals surface area contributed by atoms with Crippen molar-refractivity contribution in [3.05, 3.63) is 51.9 Å². The summed E-state index contributed by atoms with van der Waals surface area (Å²) >= 11 is 6.72. The van der Waals surface area contributed by atoms with E-state index in [9.17, 15) is 4.79 Å². The SMILES string of the molecule is CCNC(=S)Nc1sc(Cc2ccccc2)c(C)c1C(N)=O. The number of anilines is 1. The summed E-state index contributed by atoms with van der Waals surface area (Å²) in [5.41, 5.74) is 8.18. The number of hydrogen-bond acceptors (Lipinski definition) is 3. The van der Waals surface area contributed by atoms with Crippen LogP contribution in [-0.2, 0) is 6.42 Å². The Morgan fingerprint density at radius 3 is 2.59 bits per heavy atom. The third kappa shape index (κ3) is 3.84. The summed E-state index contributed by atoms with van der Waals surface area (Å²) in [6.07, 6.45) is 0.771. The molecule has 0 aliphatic rings. The molecule has 4 N–H and O–H groups in total. The number of amides is 1. The minimum atomic E-state index is -0.435. The van der Waals surface area contributed by atoms with Crippen LogP contribution in [-0.4, -0.2) is 17.6 Å². The van der Waals surface area contributed by atoms with Crippen LogP contribution in [0.5, 0.6) is 0 Å². The van der Waals surface area contributed by atoms with E-state index >= 15 is 0 Å². The first kappa shape index (κ1) is 16.5. The van der Waals surface area contributed by atoms with E-state index in [0.29, 0.717) is 15.7 Å². The molecule has 0 aliphatic carbocycles. The van der Waals surface area contributed by atoms with Crippen molar-refractivity contribution in [1.82, 2.24) is 5.32 Å². The topological polar surface area (TPSA) is 67.2 Å². The zero-order valence-electron chi connectivity index (χ0n) is 12.6. The summed E-state index contributed by atoms with van der Waals surface area (Å²) in [7, 11) is 0. The number of thiophene rings is 1. The van der Waals surface area contributed by atoms with Gasteiger partial charge in [-0.25, -0.2) is 0 Å². The number of rotatable bonds is 5. The van der Waals surface area contributed by atoms with Crippen LogP contribution >= 0.6 is 23.6 Å². The largest absolute Gasteiger partial charge is 0.365 e. The number of carbonyl (C=O) groups is 1. The molecule has 0 fully saturated rings. The zero-order valence-corrected chi connectivity index (χ0v) is 14.2. The van der Waals surface area contributed by atoms with Crippen LogP contribution in [0.1, 0.15) is 33.3 Å². The Kier molecular flexibility index (Phi) is 5.51. The van der Waals surface area contributed by atoms with Crippen LogP contribution in [0.2, 0.25) is 0 Å². The Bertz CT molecular complexity index is 680. The molecule has 0 unspecified atom stereocenters. The molecular weight excluding hydrogens is 314 g/mol. The van der Waals surface area contributed by atoms with Gasteiger partial charge in [0.05, 0.1) is 5.56 Å². The number of nitrogens with one attached hydrogen (secondary N) is 2. The molecule has 1 aromatic carbocycles. The molecule has 0 saturated carbocycles. The van der Waals surface area contributed by atoms with Crippen LogP contribution in [0.4, 0.5) is 5.00 Å². The number of carbonyl (C=O) groups excluding carboxylic acids is 1. The Morgan fingerprint density at radius 1 is 1.32 bits per heavy atom. The van der Waals surface area contributed by atoms with E-state index in [2.05, 4.69) is 22.8 Å². The van der Waals surface area contributed by atoms with Gasteiger partial charge >= 0.3 is 0 Å². The smallest absolute Gasteiger partial charge is 0.251 e. The highest BCUT2D eigenvalue weighted by Crippen LogP contribution is 2.34. The fourth-order valence-corrected chi connectivity index (χ4v) is 3.76. The van der Waals surface area contributed by atoms with Crippen LogP contribution in [0.25, 0.3) is 0 Å². The van der Waals surface area contributed by atoms with E-state index in [-0.39, 0.29) is 0 Å². The molecule has 0 spiro atoms. The molecule has 2 aromatic rings. The van der Waals surface area contributed by atoms with Gasteiger partial charge in [-0.05, 0) is 37.2 Å². The molecule has 22 heavy (non-hydrogen) atoms. The highest BCUT2D eigenvalue weighted by molar-refractivity contribution is 7.80. The van der Waals surface area contributed by atoms with Gasteiger partial charge in [0.2, 0.25) is 0 Å². The second kappa shape index (κ2) is 7.38. The second-order valence-electron chi connectivity index (χ2n) is 4.87. The number of nitrogens with two attached hydrogens (primary N) is 1. The maximum Gasteiger partial charge on any atom is 0.251 e. The first-order chi connectivity index (χ1) is 10.5. The van der Waals surface area contributed by atoms with Crippen molar-refractivity contribution in [1.29, 1.82) is 0 Å². The predicted molar refractivity (Wildman–Crippen MR) is 96.7 cm³/mol. The minimum Gasteiger partial charge on any atom is -0.365 e. The molecule has 4 nitrogen and oxygen atoms in total. The lowest BCUT2D eigenvalue weighted by molar-refractivity contribution is 0.100. The number of primary amides is 1. The molecule has 0 radical (unpaired) electrons. The Balaban J connectivity index is 2.32. The normalized spacial score (nSPS) is 10.3. The van der Waals surface area contributed by atoms with Gasteiger partial charge < -0.3 is 16.4 Å². The maximum atomic E-state index is 11.8. The van der Waals surface area contributed by atoms with E-state index in [1.807, 2.05) is 32.0 Å². The van der Waals surface area contributed by atoms with Crippen molar-refractivity contribution in [2.75, 3.05) is 11.9 Å². The summed E-state index contributed by atoms with van der Waals surface area (Å²) in [6.45, 7) is 4.61. The molecule has 0 bridgehead atoms. The third-order valence-electron chi connectivity index (χ3n) is 3.26. The standard InChI is InChI=1S/C16H19N3OS2/c1-3-18-16(21)19-15-13(14(17)20)10(2)12(22-15)9-11-7-5-4-6-8-11/h4-8H,3,9H2,1-2H3,(H2,17,20)(H2,18,19,21). The molecule has 1 aromatic heterocycles. The first-order valence-electron chi connectivity index (χ1n) is 7.03. The first-order valence-corrected chi connectivity index (χ1v) is 8.26.